The van der Waals surface area contributed by atoms with Crippen LogP contribution in [0.2, 0.25) is 0 Å². The lowest BCUT2D eigenvalue weighted by Gasteiger charge is -2.14. The number of nitro groups is 1. The molecular weight excluding hydrogens is 216 g/mol. The van der Waals surface area contributed by atoms with E-state index in [1.807, 2.05) is 60.3 Å². The summed E-state index contributed by atoms with van der Waals surface area (Å²) in [4.78, 5) is 10.5. The molecule has 1 atom stereocenters. The van der Waals surface area contributed by atoms with Gasteiger partial charge in [-0.2, -0.15) is 0 Å². The number of hydrogen-bond acceptors (Lipinski definition) is 2. The largest absolute Gasteiger partial charge is 0.354 e. The second-order valence-electron chi connectivity index (χ2n) is 4.02. The molecule has 1 unspecified atom stereocenters. The number of rotatable bonds is 4. The van der Waals surface area contributed by atoms with E-state index in [-0.39, 0.29) is 17.4 Å². The fraction of sp³-hybridized carbons (Fsp3) is 0.231. The Morgan fingerprint density at radius 2 is 1.94 bits per heavy atom. The average molecular weight is 230 g/mol. The van der Waals surface area contributed by atoms with Crippen molar-refractivity contribution in [2.45, 2.75) is 5.92 Å². The lowest BCUT2D eigenvalue weighted by atomic mass is 9.96. The molecule has 4 nitrogen and oxygen atoms in total. The van der Waals surface area contributed by atoms with E-state index in [0.29, 0.717) is 0 Å². The van der Waals surface area contributed by atoms with Crippen LogP contribution in [0.5, 0.6) is 0 Å². The zero-order valence-corrected chi connectivity index (χ0v) is 9.61. The van der Waals surface area contributed by atoms with Crippen LogP contribution in [0, 0.1) is 10.1 Å². The molecule has 0 aliphatic carbocycles. The van der Waals surface area contributed by atoms with E-state index >= 15 is 0 Å². The number of aryl methyl sites for hydroxylation is 1. The molecule has 0 fully saturated rings. The van der Waals surface area contributed by atoms with E-state index in [2.05, 4.69) is 0 Å². The van der Waals surface area contributed by atoms with Crippen molar-refractivity contribution in [3.8, 4) is 0 Å². The maximum absolute atomic E-state index is 10.8. The number of benzene rings is 1. The quantitative estimate of drug-likeness (QED) is 0.598. The van der Waals surface area contributed by atoms with E-state index in [1.54, 1.807) is 0 Å². The average Bonchev–Trinajstić information content (AvgIpc) is 2.73. The predicted molar refractivity (Wildman–Crippen MR) is 65.6 cm³/mol. The fourth-order valence-electron chi connectivity index (χ4n) is 2.04. The summed E-state index contributed by atoms with van der Waals surface area (Å²) in [5.74, 6) is -0.189. The smallest absolute Gasteiger partial charge is 0.216 e. The molecule has 0 spiro atoms. The van der Waals surface area contributed by atoms with Crippen LogP contribution in [0.15, 0.2) is 48.7 Å². The summed E-state index contributed by atoms with van der Waals surface area (Å²) in [6.45, 7) is -0.0815. The second kappa shape index (κ2) is 4.82. The molecule has 0 amide bonds. The molecule has 0 aliphatic rings. The van der Waals surface area contributed by atoms with E-state index < -0.39 is 0 Å². The number of nitrogens with zero attached hydrogens (tertiary/aromatic N) is 2. The van der Waals surface area contributed by atoms with Gasteiger partial charge in [-0.25, -0.2) is 0 Å². The van der Waals surface area contributed by atoms with E-state index in [0.717, 1.165) is 11.3 Å². The Balaban J connectivity index is 2.39. The van der Waals surface area contributed by atoms with Crippen LogP contribution >= 0.6 is 0 Å². The summed E-state index contributed by atoms with van der Waals surface area (Å²) >= 11 is 0. The van der Waals surface area contributed by atoms with Gasteiger partial charge in [0, 0.05) is 23.9 Å². The van der Waals surface area contributed by atoms with Crippen molar-refractivity contribution < 1.29 is 4.92 Å². The lowest BCUT2D eigenvalue weighted by Crippen LogP contribution is -2.16. The van der Waals surface area contributed by atoms with Crippen LogP contribution in [-0.2, 0) is 7.05 Å². The summed E-state index contributed by atoms with van der Waals surface area (Å²) in [6.07, 6.45) is 1.91. The molecular formula is C13H14N2O2. The van der Waals surface area contributed by atoms with Gasteiger partial charge in [-0.1, -0.05) is 30.3 Å². The first kappa shape index (κ1) is 11.4. The molecule has 17 heavy (non-hydrogen) atoms. The van der Waals surface area contributed by atoms with Gasteiger partial charge in [-0.3, -0.25) is 10.1 Å². The Kier molecular flexibility index (Phi) is 3.23. The molecule has 1 aromatic carbocycles. The van der Waals surface area contributed by atoms with Crippen molar-refractivity contribution in [3.05, 3.63) is 70.0 Å². The fourth-order valence-corrected chi connectivity index (χ4v) is 2.04. The monoisotopic (exact) mass is 230 g/mol. The molecule has 1 heterocycles. The zero-order chi connectivity index (χ0) is 12.3. The number of aromatic nitrogens is 1. The van der Waals surface area contributed by atoms with Crippen LogP contribution < -0.4 is 0 Å². The van der Waals surface area contributed by atoms with E-state index in [1.165, 1.54) is 0 Å². The standard InChI is InChI=1S/C13H14N2O2/c1-14-9-5-8-13(14)12(10-15(16)17)11-6-3-2-4-7-11/h2-9,12H,10H2,1H3. The highest BCUT2D eigenvalue weighted by Gasteiger charge is 2.21. The summed E-state index contributed by atoms with van der Waals surface area (Å²) in [6, 6.07) is 13.4. The SMILES string of the molecule is Cn1cccc1C(C[N+](=O)[O-])c1ccccc1. The topological polar surface area (TPSA) is 48.1 Å². The van der Waals surface area contributed by atoms with Crippen LogP contribution in [0.1, 0.15) is 17.2 Å². The van der Waals surface area contributed by atoms with Gasteiger partial charge in [-0.15, -0.1) is 0 Å². The minimum atomic E-state index is -0.259. The third kappa shape index (κ3) is 2.53. The van der Waals surface area contributed by atoms with Gasteiger partial charge in [0.1, 0.15) is 0 Å². The Morgan fingerprint density at radius 1 is 1.24 bits per heavy atom. The second-order valence-corrected chi connectivity index (χ2v) is 4.02. The zero-order valence-electron chi connectivity index (χ0n) is 9.61. The van der Waals surface area contributed by atoms with Gasteiger partial charge in [-0.05, 0) is 17.7 Å². The minimum absolute atomic E-state index is 0.0815. The number of hydrogen-bond donors (Lipinski definition) is 0. The Bertz CT molecular complexity index is 505. The summed E-state index contributed by atoms with van der Waals surface area (Å²) in [7, 11) is 1.91. The first-order chi connectivity index (χ1) is 8.18. The van der Waals surface area contributed by atoms with Gasteiger partial charge in [0.2, 0.25) is 6.54 Å². The van der Waals surface area contributed by atoms with E-state index in [4.69, 9.17) is 0 Å². The Morgan fingerprint density at radius 3 is 2.47 bits per heavy atom. The predicted octanol–water partition coefficient (Wildman–Crippen LogP) is 2.43. The van der Waals surface area contributed by atoms with Crippen molar-refractivity contribution >= 4 is 0 Å². The van der Waals surface area contributed by atoms with Gasteiger partial charge in [0.05, 0.1) is 5.92 Å². The summed E-state index contributed by atoms with van der Waals surface area (Å²) < 4.78 is 1.93. The van der Waals surface area contributed by atoms with Crippen molar-refractivity contribution in [1.82, 2.24) is 4.57 Å². The normalized spacial score (nSPS) is 12.3. The summed E-state index contributed by atoms with van der Waals surface area (Å²) in [5, 5.41) is 10.8. The molecule has 0 saturated carbocycles. The van der Waals surface area contributed by atoms with Crippen LogP contribution in [0.25, 0.3) is 0 Å². The Labute approximate surface area is 99.7 Å². The molecule has 0 aliphatic heterocycles. The molecule has 2 rings (SSSR count). The molecule has 88 valence electrons. The van der Waals surface area contributed by atoms with Crippen molar-refractivity contribution in [2.75, 3.05) is 6.54 Å². The van der Waals surface area contributed by atoms with Gasteiger partial charge >= 0.3 is 0 Å². The van der Waals surface area contributed by atoms with Gasteiger partial charge < -0.3 is 4.57 Å². The van der Waals surface area contributed by atoms with Crippen molar-refractivity contribution in [2.24, 2.45) is 7.05 Å². The van der Waals surface area contributed by atoms with Crippen LogP contribution in [-0.4, -0.2) is 16.0 Å². The van der Waals surface area contributed by atoms with Crippen molar-refractivity contribution in [3.63, 3.8) is 0 Å². The molecule has 0 N–H and O–H groups in total. The lowest BCUT2D eigenvalue weighted by molar-refractivity contribution is -0.482. The highest BCUT2D eigenvalue weighted by molar-refractivity contribution is 5.29. The molecule has 0 radical (unpaired) electrons. The minimum Gasteiger partial charge on any atom is -0.354 e. The van der Waals surface area contributed by atoms with Gasteiger partial charge in [0.15, 0.2) is 0 Å². The third-order valence-corrected chi connectivity index (χ3v) is 2.87. The van der Waals surface area contributed by atoms with Crippen LogP contribution in [0.3, 0.4) is 0 Å². The highest BCUT2D eigenvalue weighted by atomic mass is 16.6. The molecule has 2 aromatic rings. The molecule has 0 bridgehead atoms. The molecule has 4 heteroatoms. The maximum atomic E-state index is 10.8. The van der Waals surface area contributed by atoms with Crippen molar-refractivity contribution in [1.29, 1.82) is 0 Å². The first-order valence-corrected chi connectivity index (χ1v) is 5.46. The van der Waals surface area contributed by atoms with Crippen LogP contribution in [0.4, 0.5) is 0 Å². The Hall–Kier alpha value is -2.10. The highest BCUT2D eigenvalue weighted by Crippen LogP contribution is 2.24. The molecule has 0 saturated heterocycles. The maximum Gasteiger partial charge on any atom is 0.216 e. The third-order valence-electron chi connectivity index (χ3n) is 2.87. The summed E-state index contributed by atoms with van der Waals surface area (Å²) in [5.41, 5.74) is 1.94. The molecule has 1 aromatic heterocycles. The van der Waals surface area contributed by atoms with E-state index in [9.17, 15) is 10.1 Å². The van der Waals surface area contributed by atoms with Gasteiger partial charge in [0.25, 0.3) is 0 Å². The first-order valence-electron chi connectivity index (χ1n) is 5.46.